The number of hydrogen-bond donors (Lipinski definition) is 2. The standard InChI is InChI=1S/C22H42O7/c1-13(2)17(23)21(5,6)11-27-19(15-9-25-15)29-20(16-10-26-16)28-12-22(7,8)18(24)14(3)4/h13-20,23-24H,9-12H2,1-8H3. The Balaban J connectivity index is 1.93. The Morgan fingerprint density at radius 3 is 1.31 bits per heavy atom. The second-order valence-corrected chi connectivity index (χ2v) is 10.6. The molecule has 0 amide bonds. The molecule has 172 valence electrons. The molecule has 2 heterocycles. The van der Waals surface area contributed by atoms with Gasteiger partial charge in [0, 0.05) is 10.8 Å². The summed E-state index contributed by atoms with van der Waals surface area (Å²) < 4.78 is 29.0. The van der Waals surface area contributed by atoms with E-state index in [1.807, 2.05) is 55.4 Å². The van der Waals surface area contributed by atoms with E-state index in [1.165, 1.54) is 0 Å². The normalized spacial score (nSPS) is 26.5. The molecule has 0 radical (unpaired) electrons. The Labute approximate surface area is 176 Å². The van der Waals surface area contributed by atoms with Gasteiger partial charge in [0.1, 0.15) is 12.2 Å². The summed E-state index contributed by atoms with van der Waals surface area (Å²) in [5.74, 6) is 0.270. The van der Waals surface area contributed by atoms with Crippen LogP contribution in [0.25, 0.3) is 0 Å². The van der Waals surface area contributed by atoms with Crippen LogP contribution in [0.3, 0.4) is 0 Å². The van der Waals surface area contributed by atoms with Crippen molar-refractivity contribution in [2.45, 2.75) is 92.4 Å². The van der Waals surface area contributed by atoms with Crippen LogP contribution >= 0.6 is 0 Å². The van der Waals surface area contributed by atoms with Crippen LogP contribution in [-0.4, -0.2) is 73.6 Å². The molecule has 2 aliphatic heterocycles. The zero-order valence-corrected chi connectivity index (χ0v) is 19.4. The van der Waals surface area contributed by atoms with Crippen molar-refractivity contribution < 1.29 is 33.9 Å². The maximum absolute atomic E-state index is 10.5. The van der Waals surface area contributed by atoms with Gasteiger partial charge in [0.15, 0.2) is 12.6 Å². The molecule has 6 atom stereocenters. The van der Waals surface area contributed by atoms with Gasteiger partial charge in [0.2, 0.25) is 0 Å². The largest absolute Gasteiger partial charge is 0.392 e. The highest BCUT2D eigenvalue weighted by Crippen LogP contribution is 2.32. The number of ether oxygens (including phenoxy) is 5. The average Bonchev–Trinajstić information content (AvgIpc) is 3.51. The van der Waals surface area contributed by atoms with Gasteiger partial charge in [-0.3, -0.25) is 0 Å². The molecule has 2 N–H and O–H groups in total. The van der Waals surface area contributed by atoms with E-state index in [1.54, 1.807) is 0 Å². The highest BCUT2D eigenvalue weighted by molar-refractivity contribution is 4.84. The fourth-order valence-electron chi connectivity index (χ4n) is 3.60. The van der Waals surface area contributed by atoms with Crippen molar-refractivity contribution in [1.82, 2.24) is 0 Å². The van der Waals surface area contributed by atoms with Crippen LogP contribution < -0.4 is 0 Å². The summed E-state index contributed by atoms with van der Waals surface area (Å²) in [6.07, 6.45) is -2.41. The lowest BCUT2D eigenvalue weighted by molar-refractivity contribution is -0.272. The second kappa shape index (κ2) is 9.90. The summed E-state index contributed by atoms with van der Waals surface area (Å²) in [5, 5.41) is 20.9. The molecule has 0 aromatic rings. The van der Waals surface area contributed by atoms with Crippen LogP contribution in [0.2, 0.25) is 0 Å². The lowest BCUT2D eigenvalue weighted by atomic mass is 9.81. The molecule has 2 rings (SSSR count). The van der Waals surface area contributed by atoms with Crippen LogP contribution in [0.4, 0.5) is 0 Å². The molecule has 0 saturated carbocycles. The molecule has 0 spiro atoms. The van der Waals surface area contributed by atoms with E-state index in [9.17, 15) is 10.2 Å². The lowest BCUT2D eigenvalue weighted by Gasteiger charge is -2.36. The Morgan fingerprint density at radius 1 is 0.759 bits per heavy atom. The Hall–Kier alpha value is -0.280. The summed E-state index contributed by atoms with van der Waals surface area (Å²) in [5.41, 5.74) is -0.832. The monoisotopic (exact) mass is 418 g/mol. The Kier molecular flexibility index (Phi) is 8.53. The van der Waals surface area contributed by atoms with E-state index in [0.29, 0.717) is 26.4 Å². The third kappa shape index (κ3) is 7.42. The number of hydrogen-bond acceptors (Lipinski definition) is 7. The first-order valence-corrected chi connectivity index (χ1v) is 10.8. The van der Waals surface area contributed by atoms with Crippen LogP contribution in [0.5, 0.6) is 0 Å². The van der Waals surface area contributed by atoms with Crippen molar-refractivity contribution in [3.63, 3.8) is 0 Å². The quantitative estimate of drug-likeness (QED) is 0.331. The SMILES string of the molecule is CC(C)C(O)C(C)(C)COC(OC(OCC(C)(C)C(O)C(C)C)C1CO1)C1CO1. The van der Waals surface area contributed by atoms with E-state index >= 15 is 0 Å². The molecule has 7 heteroatoms. The van der Waals surface area contributed by atoms with E-state index in [4.69, 9.17) is 23.7 Å². The van der Waals surface area contributed by atoms with Crippen LogP contribution in [0.15, 0.2) is 0 Å². The van der Waals surface area contributed by atoms with Gasteiger partial charge in [0.25, 0.3) is 0 Å². The number of aliphatic hydroxyl groups is 2. The molecule has 29 heavy (non-hydrogen) atoms. The van der Waals surface area contributed by atoms with Gasteiger partial charge in [0.05, 0.1) is 38.6 Å². The molecule has 7 nitrogen and oxygen atoms in total. The number of rotatable bonds is 14. The van der Waals surface area contributed by atoms with E-state index in [0.717, 1.165) is 0 Å². The van der Waals surface area contributed by atoms with Crippen molar-refractivity contribution in [1.29, 1.82) is 0 Å². The predicted molar refractivity (Wildman–Crippen MR) is 109 cm³/mol. The minimum Gasteiger partial charge on any atom is -0.392 e. The third-order valence-electron chi connectivity index (χ3n) is 5.70. The summed E-state index contributed by atoms with van der Waals surface area (Å²) in [6, 6.07) is 0. The topological polar surface area (TPSA) is 93.2 Å². The highest BCUT2D eigenvalue weighted by Gasteiger charge is 2.44. The molecule has 2 aliphatic rings. The Morgan fingerprint density at radius 2 is 1.07 bits per heavy atom. The molecular weight excluding hydrogens is 376 g/mol. The van der Waals surface area contributed by atoms with E-state index in [-0.39, 0.29) is 24.0 Å². The van der Waals surface area contributed by atoms with Gasteiger partial charge in [-0.2, -0.15) is 0 Å². The molecule has 0 aromatic carbocycles. The fraction of sp³-hybridized carbons (Fsp3) is 1.00. The first kappa shape index (κ1) is 25.0. The highest BCUT2D eigenvalue weighted by atomic mass is 16.8. The molecule has 6 unspecified atom stereocenters. The molecule has 0 aliphatic carbocycles. The number of aliphatic hydroxyl groups excluding tert-OH is 2. The van der Waals surface area contributed by atoms with Crippen molar-refractivity contribution in [3.05, 3.63) is 0 Å². The third-order valence-corrected chi connectivity index (χ3v) is 5.70. The molecule has 2 fully saturated rings. The molecule has 0 aromatic heterocycles. The molecular formula is C22H42O7. The average molecular weight is 419 g/mol. The summed E-state index contributed by atoms with van der Waals surface area (Å²) in [6.45, 7) is 17.7. The minimum atomic E-state index is -0.582. The lowest BCUT2D eigenvalue weighted by Crippen LogP contribution is -2.43. The first-order chi connectivity index (χ1) is 13.3. The van der Waals surface area contributed by atoms with Gasteiger partial charge >= 0.3 is 0 Å². The van der Waals surface area contributed by atoms with Crippen LogP contribution in [0.1, 0.15) is 55.4 Å². The number of epoxide rings is 2. The molecule has 0 bridgehead atoms. The van der Waals surface area contributed by atoms with Gasteiger partial charge in [-0.15, -0.1) is 0 Å². The zero-order chi connectivity index (χ0) is 22.0. The van der Waals surface area contributed by atoms with E-state index < -0.39 is 35.6 Å². The van der Waals surface area contributed by atoms with Gasteiger partial charge in [-0.1, -0.05) is 55.4 Å². The predicted octanol–water partition coefficient (Wildman–Crippen LogP) is 2.57. The Bertz CT molecular complexity index is 453. The van der Waals surface area contributed by atoms with Gasteiger partial charge in [-0.25, -0.2) is 0 Å². The summed E-state index contributed by atoms with van der Waals surface area (Å²) in [7, 11) is 0. The zero-order valence-electron chi connectivity index (χ0n) is 19.4. The van der Waals surface area contributed by atoms with Crippen molar-refractivity contribution >= 4 is 0 Å². The smallest absolute Gasteiger partial charge is 0.189 e. The van der Waals surface area contributed by atoms with Crippen molar-refractivity contribution in [2.24, 2.45) is 22.7 Å². The first-order valence-electron chi connectivity index (χ1n) is 10.8. The summed E-state index contributed by atoms with van der Waals surface area (Å²) >= 11 is 0. The molecule has 2 saturated heterocycles. The van der Waals surface area contributed by atoms with Gasteiger partial charge in [-0.05, 0) is 11.8 Å². The van der Waals surface area contributed by atoms with Crippen molar-refractivity contribution in [2.75, 3.05) is 26.4 Å². The maximum Gasteiger partial charge on any atom is 0.189 e. The summed E-state index contributed by atoms with van der Waals surface area (Å²) in [4.78, 5) is 0. The fourth-order valence-corrected chi connectivity index (χ4v) is 3.60. The van der Waals surface area contributed by atoms with E-state index in [2.05, 4.69) is 0 Å². The maximum atomic E-state index is 10.5. The van der Waals surface area contributed by atoms with Gasteiger partial charge < -0.3 is 33.9 Å². The second-order valence-electron chi connectivity index (χ2n) is 10.6. The van der Waals surface area contributed by atoms with Crippen LogP contribution in [0, 0.1) is 22.7 Å². The minimum absolute atomic E-state index is 0.135. The van der Waals surface area contributed by atoms with Crippen molar-refractivity contribution in [3.8, 4) is 0 Å². The van der Waals surface area contributed by atoms with Crippen LogP contribution in [-0.2, 0) is 23.7 Å².